The van der Waals surface area contributed by atoms with Crippen molar-refractivity contribution >= 4 is 45.5 Å². The van der Waals surface area contributed by atoms with Crippen LogP contribution < -0.4 is 19.7 Å². The number of benzene rings is 2. The Morgan fingerprint density at radius 2 is 1.86 bits per heavy atom. The zero-order valence-corrected chi connectivity index (χ0v) is 17.1. The Morgan fingerprint density at radius 1 is 1.17 bits per heavy atom. The van der Waals surface area contributed by atoms with E-state index in [4.69, 9.17) is 9.47 Å². The van der Waals surface area contributed by atoms with E-state index in [0.717, 1.165) is 17.0 Å². The van der Waals surface area contributed by atoms with Crippen molar-refractivity contribution in [3.8, 4) is 11.5 Å². The summed E-state index contributed by atoms with van der Waals surface area (Å²) in [5, 5.41) is 2.12. The van der Waals surface area contributed by atoms with Gasteiger partial charge in [-0.3, -0.25) is 14.9 Å². The van der Waals surface area contributed by atoms with Crippen LogP contribution in [-0.2, 0) is 9.59 Å². The minimum absolute atomic E-state index is 0.137. The summed E-state index contributed by atoms with van der Waals surface area (Å²) in [4.78, 5) is 38.1. The second-order valence-corrected chi connectivity index (χ2v) is 6.76. The number of amides is 4. The molecule has 1 saturated heterocycles. The van der Waals surface area contributed by atoms with Crippen molar-refractivity contribution in [1.82, 2.24) is 5.32 Å². The number of hydrogen-bond donors (Lipinski definition) is 1. The molecular formula is C20H16BrFN2O5. The lowest BCUT2D eigenvalue weighted by molar-refractivity contribution is -0.122. The summed E-state index contributed by atoms with van der Waals surface area (Å²) in [5.41, 5.74) is 0.355. The molecule has 1 aliphatic heterocycles. The van der Waals surface area contributed by atoms with Crippen molar-refractivity contribution in [3.63, 3.8) is 0 Å². The Labute approximate surface area is 174 Å². The molecular weight excluding hydrogens is 447 g/mol. The predicted octanol–water partition coefficient (Wildman–Crippen LogP) is 3.66. The SMILES string of the molecule is CCOc1c(Br)cc(/C=C2\C(=O)NC(=O)N(c3ccc(F)cc3)C2=O)cc1OC. The molecule has 0 bridgehead atoms. The van der Waals surface area contributed by atoms with Gasteiger partial charge in [-0.2, -0.15) is 0 Å². The Balaban J connectivity index is 2.02. The van der Waals surface area contributed by atoms with Crippen LogP contribution in [0, 0.1) is 5.82 Å². The number of methoxy groups -OCH3 is 1. The summed E-state index contributed by atoms with van der Waals surface area (Å²) in [5.74, 6) is -1.28. The molecule has 0 radical (unpaired) electrons. The predicted molar refractivity (Wildman–Crippen MR) is 107 cm³/mol. The minimum Gasteiger partial charge on any atom is -0.493 e. The quantitative estimate of drug-likeness (QED) is 0.541. The summed E-state index contributed by atoms with van der Waals surface area (Å²) in [7, 11) is 1.47. The summed E-state index contributed by atoms with van der Waals surface area (Å²) in [6, 6.07) is 7.12. The van der Waals surface area contributed by atoms with Crippen molar-refractivity contribution in [2.75, 3.05) is 18.6 Å². The summed E-state index contributed by atoms with van der Waals surface area (Å²) < 4.78 is 24.6. The molecule has 4 amide bonds. The Hall–Kier alpha value is -3.20. The Morgan fingerprint density at radius 3 is 2.48 bits per heavy atom. The molecule has 0 atom stereocenters. The average molecular weight is 463 g/mol. The highest BCUT2D eigenvalue weighted by Crippen LogP contribution is 2.37. The summed E-state index contributed by atoms with van der Waals surface area (Å²) in [6.07, 6.45) is 1.34. The first-order valence-corrected chi connectivity index (χ1v) is 9.32. The number of nitrogens with one attached hydrogen (secondary N) is 1. The maximum absolute atomic E-state index is 13.2. The standard InChI is InChI=1S/C20H16BrFN2O5/c1-3-29-17-15(21)9-11(10-16(17)28-2)8-14-18(25)23-20(27)24(19(14)26)13-6-4-12(22)5-7-13/h4-10H,3H2,1-2H3,(H,23,25,27)/b14-8+. The van der Waals surface area contributed by atoms with E-state index < -0.39 is 23.7 Å². The van der Waals surface area contributed by atoms with E-state index >= 15 is 0 Å². The van der Waals surface area contributed by atoms with Crippen LogP contribution in [-0.4, -0.2) is 31.6 Å². The van der Waals surface area contributed by atoms with Gasteiger partial charge in [-0.15, -0.1) is 0 Å². The van der Waals surface area contributed by atoms with E-state index in [0.29, 0.717) is 28.1 Å². The molecule has 29 heavy (non-hydrogen) atoms. The second kappa shape index (κ2) is 8.44. The van der Waals surface area contributed by atoms with Gasteiger partial charge < -0.3 is 9.47 Å². The lowest BCUT2D eigenvalue weighted by Gasteiger charge is -2.26. The molecule has 2 aromatic rings. The van der Waals surface area contributed by atoms with E-state index in [1.807, 2.05) is 6.92 Å². The van der Waals surface area contributed by atoms with Gasteiger partial charge in [0.15, 0.2) is 11.5 Å². The van der Waals surface area contributed by atoms with Gasteiger partial charge in [-0.05, 0) is 70.9 Å². The van der Waals surface area contributed by atoms with Crippen molar-refractivity contribution in [2.24, 2.45) is 0 Å². The van der Waals surface area contributed by atoms with Gasteiger partial charge in [0.2, 0.25) is 0 Å². The maximum Gasteiger partial charge on any atom is 0.335 e. The highest BCUT2D eigenvalue weighted by molar-refractivity contribution is 9.10. The van der Waals surface area contributed by atoms with E-state index in [1.165, 1.54) is 25.3 Å². The fraction of sp³-hybridized carbons (Fsp3) is 0.150. The number of ether oxygens (including phenoxy) is 2. The first kappa shape index (κ1) is 20.5. The van der Waals surface area contributed by atoms with Crippen LogP contribution in [0.5, 0.6) is 11.5 Å². The molecule has 0 saturated carbocycles. The molecule has 0 aliphatic carbocycles. The third kappa shape index (κ3) is 4.14. The number of imide groups is 2. The van der Waals surface area contributed by atoms with Crippen LogP contribution in [0.3, 0.4) is 0 Å². The first-order chi connectivity index (χ1) is 13.8. The van der Waals surface area contributed by atoms with Gasteiger partial charge >= 0.3 is 6.03 Å². The Bertz CT molecular complexity index is 1020. The number of rotatable bonds is 5. The smallest absolute Gasteiger partial charge is 0.335 e. The fourth-order valence-electron chi connectivity index (χ4n) is 2.76. The third-order valence-corrected chi connectivity index (χ3v) is 4.63. The number of urea groups is 1. The molecule has 1 aliphatic rings. The van der Waals surface area contributed by atoms with Gasteiger partial charge in [-0.25, -0.2) is 14.1 Å². The molecule has 9 heteroatoms. The normalized spacial score (nSPS) is 15.5. The molecule has 7 nitrogen and oxygen atoms in total. The number of barbiturate groups is 1. The van der Waals surface area contributed by atoms with Gasteiger partial charge in [0.1, 0.15) is 11.4 Å². The fourth-order valence-corrected chi connectivity index (χ4v) is 3.33. The van der Waals surface area contributed by atoms with Crippen LogP contribution in [0.1, 0.15) is 12.5 Å². The zero-order valence-electron chi connectivity index (χ0n) is 15.5. The van der Waals surface area contributed by atoms with Crippen molar-refractivity contribution in [2.45, 2.75) is 6.92 Å². The Kier molecular flexibility index (Phi) is 5.97. The number of nitrogens with zero attached hydrogens (tertiary/aromatic N) is 1. The summed E-state index contributed by atoms with van der Waals surface area (Å²) >= 11 is 3.38. The van der Waals surface area contributed by atoms with E-state index in [-0.39, 0.29) is 11.3 Å². The first-order valence-electron chi connectivity index (χ1n) is 8.53. The molecule has 1 N–H and O–H groups in total. The number of carbonyl (C=O) groups is 3. The second-order valence-electron chi connectivity index (χ2n) is 5.90. The highest BCUT2D eigenvalue weighted by Gasteiger charge is 2.36. The largest absolute Gasteiger partial charge is 0.493 e. The van der Waals surface area contributed by atoms with Crippen LogP contribution in [0.15, 0.2) is 46.4 Å². The van der Waals surface area contributed by atoms with Gasteiger partial charge in [0, 0.05) is 0 Å². The number of anilines is 1. The van der Waals surface area contributed by atoms with E-state index in [2.05, 4.69) is 21.2 Å². The number of carbonyl (C=O) groups excluding carboxylic acids is 3. The van der Waals surface area contributed by atoms with Crippen LogP contribution >= 0.6 is 15.9 Å². The van der Waals surface area contributed by atoms with Gasteiger partial charge in [-0.1, -0.05) is 0 Å². The third-order valence-electron chi connectivity index (χ3n) is 4.04. The average Bonchev–Trinajstić information content (AvgIpc) is 2.68. The molecule has 0 unspecified atom stereocenters. The van der Waals surface area contributed by atoms with Crippen LogP contribution in [0.25, 0.3) is 6.08 Å². The van der Waals surface area contributed by atoms with Crippen LogP contribution in [0.4, 0.5) is 14.9 Å². The van der Waals surface area contributed by atoms with Crippen LogP contribution in [0.2, 0.25) is 0 Å². The van der Waals surface area contributed by atoms with E-state index in [9.17, 15) is 18.8 Å². The highest BCUT2D eigenvalue weighted by atomic mass is 79.9. The molecule has 1 fully saturated rings. The topological polar surface area (TPSA) is 84.9 Å². The molecule has 2 aromatic carbocycles. The lowest BCUT2D eigenvalue weighted by atomic mass is 10.1. The van der Waals surface area contributed by atoms with Crippen molar-refractivity contribution < 1.29 is 28.2 Å². The summed E-state index contributed by atoms with van der Waals surface area (Å²) in [6.45, 7) is 2.25. The lowest BCUT2D eigenvalue weighted by Crippen LogP contribution is -2.54. The van der Waals surface area contributed by atoms with Gasteiger partial charge in [0.25, 0.3) is 11.8 Å². The molecule has 0 aromatic heterocycles. The van der Waals surface area contributed by atoms with Gasteiger partial charge in [0.05, 0.1) is 23.9 Å². The molecule has 0 spiro atoms. The maximum atomic E-state index is 13.2. The molecule has 3 rings (SSSR count). The van der Waals surface area contributed by atoms with E-state index in [1.54, 1.807) is 12.1 Å². The van der Waals surface area contributed by atoms with Crippen molar-refractivity contribution in [3.05, 3.63) is 57.8 Å². The molecule has 150 valence electrons. The molecule has 1 heterocycles. The number of hydrogen-bond acceptors (Lipinski definition) is 5. The number of halogens is 2. The monoisotopic (exact) mass is 462 g/mol. The van der Waals surface area contributed by atoms with Crippen molar-refractivity contribution in [1.29, 1.82) is 0 Å². The minimum atomic E-state index is -0.908. The zero-order chi connectivity index (χ0) is 21.1.